The van der Waals surface area contributed by atoms with Gasteiger partial charge in [0.05, 0.1) is 11.7 Å². The minimum absolute atomic E-state index is 0.0811. The number of rotatable bonds is 4. The third-order valence-electron chi connectivity index (χ3n) is 4.65. The molecule has 2 heterocycles. The average Bonchev–Trinajstić information content (AvgIpc) is 2.97. The first-order chi connectivity index (χ1) is 11.9. The second-order valence-corrected chi connectivity index (χ2v) is 8.44. The van der Waals surface area contributed by atoms with Crippen LogP contribution in [0.1, 0.15) is 42.6 Å². The van der Waals surface area contributed by atoms with Crippen LogP contribution in [0.4, 0.5) is 0 Å². The lowest BCUT2D eigenvalue weighted by molar-refractivity contribution is -0.126. The number of carbonyl (C=O) groups excluding carboxylic acids is 1. The lowest BCUT2D eigenvalue weighted by Crippen LogP contribution is -2.42. The molecule has 2 aromatic rings. The number of hydrogen-bond donors (Lipinski definition) is 2. The molecule has 0 saturated carbocycles. The summed E-state index contributed by atoms with van der Waals surface area (Å²) < 4.78 is 0. The van der Waals surface area contributed by atoms with Crippen LogP contribution < -0.4 is 10.6 Å². The number of nitrogens with zero attached hydrogens (tertiary/aromatic N) is 1. The zero-order valence-corrected chi connectivity index (χ0v) is 16.4. The summed E-state index contributed by atoms with van der Waals surface area (Å²) in [5.74, 6) is 0.234. The largest absolute Gasteiger partial charge is 0.347 e. The maximum Gasteiger partial charge on any atom is 0.223 e. The van der Waals surface area contributed by atoms with Crippen molar-refractivity contribution in [2.45, 2.75) is 45.7 Å². The van der Waals surface area contributed by atoms with Gasteiger partial charge in [-0.2, -0.15) is 0 Å². The van der Waals surface area contributed by atoms with E-state index >= 15 is 0 Å². The molecule has 1 aliphatic rings. The fourth-order valence-electron chi connectivity index (χ4n) is 3.24. The second-order valence-electron chi connectivity index (χ2n) is 6.77. The van der Waals surface area contributed by atoms with E-state index in [0.29, 0.717) is 11.1 Å². The minimum Gasteiger partial charge on any atom is -0.347 e. The van der Waals surface area contributed by atoms with Crippen LogP contribution in [0.2, 0.25) is 5.02 Å². The van der Waals surface area contributed by atoms with Crippen LogP contribution in [-0.4, -0.2) is 23.5 Å². The third kappa shape index (κ3) is 4.40. The Hall–Kier alpha value is -1.43. The van der Waals surface area contributed by atoms with Crippen LogP contribution >= 0.6 is 22.9 Å². The Morgan fingerprint density at radius 3 is 2.80 bits per heavy atom. The molecule has 0 bridgehead atoms. The van der Waals surface area contributed by atoms with E-state index in [2.05, 4.69) is 24.5 Å². The molecule has 1 aromatic carbocycles. The van der Waals surface area contributed by atoms with Gasteiger partial charge < -0.3 is 10.6 Å². The van der Waals surface area contributed by atoms with E-state index in [4.69, 9.17) is 16.6 Å². The first kappa shape index (κ1) is 18.4. The van der Waals surface area contributed by atoms with Crippen LogP contribution in [0, 0.1) is 12.8 Å². The molecule has 2 N–H and O–H groups in total. The van der Waals surface area contributed by atoms with E-state index in [9.17, 15) is 4.79 Å². The standard InChI is InChI=1S/C19H24ClN3OS/c1-11-10-15(8-9-21-11)18(24)22-12(2)19-23-17(13(3)25-19)14-4-6-16(20)7-5-14/h4-7,11-12,15,21H,8-10H2,1-3H3,(H,22,24)/t11-,12?,15-/m0/s1. The van der Waals surface area contributed by atoms with Crippen LogP contribution in [0.3, 0.4) is 0 Å². The Kier molecular flexibility index (Phi) is 5.77. The smallest absolute Gasteiger partial charge is 0.223 e. The number of aromatic nitrogens is 1. The molecule has 0 aliphatic carbocycles. The van der Waals surface area contributed by atoms with Gasteiger partial charge in [0.1, 0.15) is 5.01 Å². The van der Waals surface area contributed by atoms with Crippen LogP contribution in [-0.2, 0) is 4.79 Å². The van der Waals surface area contributed by atoms with Gasteiger partial charge in [-0.3, -0.25) is 4.79 Å². The molecule has 3 atom stereocenters. The molecule has 1 amide bonds. The molecule has 1 aromatic heterocycles. The predicted octanol–water partition coefficient (Wildman–Crippen LogP) is 4.34. The number of thiazole rings is 1. The first-order valence-corrected chi connectivity index (χ1v) is 9.90. The van der Waals surface area contributed by atoms with Gasteiger partial charge in [-0.15, -0.1) is 11.3 Å². The summed E-state index contributed by atoms with van der Waals surface area (Å²) in [5.41, 5.74) is 2.02. The Morgan fingerprint density at radius 2 is 2.12 bits per heavy atom. The molecule has 1 aliphatic heterocycles. The number of piperidine rings is 1. The number of hydrogen-bond acceptors (Lipinski definition) is 4. The Morgan fingerprint density at radius 1 is 1.40 bits per heavy atom. The van der Waals surface area contributed by atoms with Crippen molar-refractivity contribution in [2.75, 3.05) is 6.54 Å². The highest BCUT2D eigenvalue weighted by Crippen LogP contribution is 2.31. The number of benzene rings is 1. The van der Waals surface area contributed by atoms with E-state index in [1.165, 1.54) is 0 Å². The van der Waals surface area contributed by atoms with E-state index in [-0.39, 0.29) is 17.9 Å². The van der Waals surface area contributed by atoms with Gasteiger partial charge in [0.25, 0.3) is 0 Å². The maximum atomic E-state index is 12.5. The molecule has 4 nitrogen and oxygen atoms in total. The maximum absolute atomic E-state index is 12.5. The summed E-state index contributed by atoms with van der Waals surface area (Å²) in [6.07, 6.45) is 1.79. The van der Waals surface area contributed by atoms with Gasteiger partial charge >= 0.3 is 0 Å². The highest BCUT2D eigenvalue weighted by Gasteiger charge is 2.26. The summed E-state index contributed by atoms with van der Waals surface area (Å²) in [5, 5.41) is 8.19. The molecular weight excluding hydrogens is 354 g/mol. The van der Waals surface area contributed by atoms with Gasteiger partial charge in [-0.25, -0.2) is 4.98 Å². The van der Waals surface area contributed by atoms with E-state index < -0.39 is 0 Å². The van der Waals surface area contributed by atoms with Crippen molar-refractivity contribution in [3.63, 3.8) is 0 Å². The monoisotopic (exact) mass is 377 g/mol. The first-order valence-electron chi connectivity index (χ1n) is 8.71. The molecule has 0 spiro atoms. The zero-order valence-electron chi connectivity index (χ0n) is 14.8. The molecule has 1 fully saturated rings. The highest BCUT2D eigenvalue weighted by molar-refractivity contribution is 7.12. The number of nitrogens with one attached hydrogen (secondary N) is 2. The van der Waals surface area contributed by atoms with Crippen LogP contribution in [0.5, 0.6) is 0 Å². The zero-order chi connectivity index (χ0) is 18.0. The molecule has 6 heteroatoms. The van der Waals surface area contributed by atoms with Crippen molar-refractivity contribution in [3.8, 4) is 11.3 Å². The Balaban J connectivity index is 1.70. The van der Waals surface area contributed by atoms with E-state index in [1.54, 1.807) is 11.3 Å². The highest BCUT2D eigenvalue weighted by atomic mass is 35.5. The number of aryl methyl sites for hydroxylation is 1. The summed E-state index contributed by atoms with van der Waals surface area (Å²) in [4.78, 5) is 18.5. The SMILES string of the molecule is Cc1sc(C(C)NC(=O)[C@H]2CCN[C@@H](C)C2)nc1-c1ccc(Cl)cc1. The molecule has 25 heavy (non-hydrogen) atoms. The van der Waals surface area contributed by atoms with E-state index in [0.717, 1.165) is 40.5 Å². The summed E-state index contributed by atoms with van der Waals surface area (Å²) in [7, 11) is 0. The quantitative estimate of drug-likeness (QED) is 0.833. The Bertz CT molecular complexity index is 744. The molecule has 1 saturated heterocycles. The van der Waals surface area contributed by atoms with Crippen molar-refractivity contribution < 1.29 is 4.79 Å². The summed E-state index contributed by atoms with van der Waals surface area (Å²) in [6, 6.07) is 8.03. The average molecular weight is 378 g/mol. The number of carbonyl (C=O) groups is 1. The predicted molar refractivity (Wildman–Crippen MR) is 104 cm³/mol. The molecular formula is C19H24ClN3OS. The van der Waals surface area contributed by atoms with Crippen LogP contribution in [0.25, 0.3) is 11.3 Å². The summed E-state index contributed by atoms with van der Waals surface area (Å²) >= 11 is 7.61. The van der Waals surface area contributed by atoms with Gasteiger partial charge in [0, 0.05) is 27.4 Å². The minimum atomic E-state index is -0.0811. The van der Waals surface area contributed by atoms with Crippen molar-refractivity contribution in [1.29, 1.82) is 0 Å². The normalized spacial score (nSPS) is 21.8. The molecule has 0 radical (unpaired) electrons. The fourth-order valence-corrected chi connectivity index (χ4v) is 4.31. The van der Waals surface area contributed by atoms with Crippen molar-refractivity contribution in [3.05, 3.63) is 39.2 Å². The second kappa shape index (κ2) is 7.85. The van der Waals surface area contributed by atoms with Gasteiger partial charge in [-0.05, 0) is 52.3 Å². The fraction of sp³-hybridized carbons (Fsp3) is 0.474. The third-order valence-corrected chi connectivity index (χ3v) is 6.06. The van der Waals surface area contributed by atoms with Crippen molar-refractivity contribution >= 4 is 28.8 Å². The lowest BCUT2D eigenvalue weighted by Gasteiger charge is -2.28. The van der Waals surface area contributed by atoms with E-state index in [1.807, 2.05) is 31.2 Å². The van der Waals surface area contributed by atoms with Crippen molar-refractivity contribution in [1.82, 2.24) is 15.6 Å². The van der Waals surface area contributed by atoms with Crippen LogP contribution in [0.15, 0.2) is 24.3 Å². The molecule has 134 valence electrons. The van der Waals surface area contributed by atoms with Gasteiger partial charge in [0.15, 0.2) is 0 Å². The Labute approximate surface area is 158 Å². The topological polar surface area (TPSA) is 54.0 Å². The summed E-state index contributed by atoms with van der Waals surface area (Å²) in [6.45, 7) is 7.11. The van der Waals surface area contributed by atoms with Crippen molar-refractivity contribution in [2.24, 2.45) is 5.92 Å². The van der Waals surface area contributed by atoms with Gasteiger partial charge in [0.2, 0.25) is 5.91 Å². The number of halogens is 1. The number of amides is 1. The van der Waals surface area contributed by atoms with Gasteiger partial charge in [-0.1, -0.05) is 23.7 Å². The lowest BCUT2D eigenvalue weighted by atomic mass is 9.92. The molecule has 3 rings (SSSR count). The molecule has 1 unspecified atom stereocenters.